The summed E-state index contributed by atoms with van der Waals surface area (Å²) in [4.78, 5) is 63.4. The van der Waals surface area contributed by atoms with Gasteiger partial charge in [0.15, 0.2) is 5.78 Å². The number of unbranched alkanes of at least 4 members (excludes halogenated alkanes) is 2. The summed E-state index contributed by atoms with van der Waals surface area (Å²) in [5.74, 6) is -5.02. The molecule has 16 nitrogen and oxygen atoms in total. The van der Waals surface area contributed by atoms with Gasteiger partial charge in [-0.1, -0.05) is 69.3 Å². The van der Waals surface area contributed by atoms with E-state index in [-0.39, 0.29) is 43.4 Å². The van der Waals surface area contributed by atoms with Crippen LogP contribution in [-0.2, 0) is 47.7 Å². The number of rotatable bonds is 11. The summed E-state index contributed by atoms with van der Waals surface area (Å²) in [6.45, 7) is 11.4. The number of allylic oxidation sites excluding steroid dienone is 6. The number of ketones is 2. The van der Waals surface area contributed by atoms with Crippen molar-refractivity contribution in [2.45, 2.75) is 198 Å². The second-order valence-electron chi connectivity index (χ2n) is 20.9. The molecule has 0 aromatic carbocycles. The van der Waals surface area contributed by atoms with Crippen LogP contribution in [0.3, 0.4) is 0 Å². The van der Waals surface area contributed by atoms with Crippen molar-refractivity contribution >= 4 is 29.2 Å². The summed E-state index contributed by atoms with van der Waals surface area (Å²) >= 11 is 0. The van der Waals surface area contributed by atoms with Crippen LogP contribution in [0.2, 0.25) is 0 Å². The SMILES string of the molecule is C#CCCCCO[C@@H]1CC[C@@H](C[C@@H](N)[C@@H]2C/C(=N/OC)[C@H](C)/C=C(\C)[C@@H](O)[C@@H](O)C(=O)[C@H](C)C[C@H](C)/C=C/C=C/C=C(\C)[C@@H](OC)C[C@@H]3CC[C@@H](C)[C@@](O)(O3)C(=O)C(=O)N3CCCC[C@H]3C(=O)O2)C[C@H]1OC. The number of ether oxygens (including phenoxy) is 5. The Labute approximate surface area is 429 Å². The Morgan fingerprint density at radius 2 is 1.65 bits per heavy atom. The summed E-state index contributed by atoms with van der Waals surface area (Å²) < 4.78 is 30.6. The first-order chi connectivity index (χ1) is 34.3. The standard InChI is InChI=1S/C56H87N3O13/c1-11-12-13-19-28-70-46-26-24-41(32-49(46)68-9)31-43(57)48-34-44(58-69-10)37(4)30-39(6)51(61)52(62)50(60)38(5)29-35(2)20-15-14-16-21-36(3)47(67-8)33-42-25-23-40(7)56(66,72-42)53(63)54(64)59-27-18-17-22-45(59)55(65)71-48/h1,14-16,20-21,30,35,37-38,40-43,45-49,51-52,61-62,66H,12-13,17-19,22-29,31-34,57H2,2-10H3/b16-14+,20-15+,36-21+,39-30+,58-44-/t35-,37-,38-,40-,41+,42+,43-,45+,46-,47+,48+,49-,51-,52+,56-/m1/s1. The third-order valence-electron chi connectivity index (χ3n) is 15.2. The van der Waals surface area contributed by atoms with Crippen molar-refractivity contribution in [2.75, 3.05) is 34.5 Å². The van der Waals surface area contributed by atoms with Crippen LogP contribution in [-0.4, -0.2) is 144 Å². The minimum atomic E-state index is -2.44. The van der Waals surface area contributed by atoms with E-state index < -0.39 is 89.6 Å². The minimum absolute atomic E-state index is 0.0199. The zero-order valence-corrected chi connectivity index (χ0v) is 44.5. The predicted molar refractivity (Wildman–Crippen MR) is 275 cm³/mol. The lowest BCUT2D eigenvalue weighted by molar-refractivity contribution is -0.265. The molecule has 72 heavy (non-hydrogen) atoms. The Bertz CT molecular complexity index is 1980. The smallest absolute Gasteiger partial charge is 0.329 e. The van der Waals surface area contributed by atoms with Gasteiger partial charge in [0.2, 0.25) is 5.79 Å². The molecular weight excluding hydrogens is 923 g/mol. The van der Waals surface area contributed by atoms with Gasteiger partial charge in [0, 0.05) is 70.4 Å². The van der Waals surface area contributed by atoms with Crippen molar-refractivity contribution in [1.29, 1.82) is 0 Å². The molecule has 1 saturated carbocycles. The van der Waals surface area contributed by atoms with Crippen LogP contribution in [0, 0.1) is 41.9 Å². The topological polar surface area (TPSA) is 226 Å². The molecule has 0 unspecified atom stereocenters. The van der Waals surface area contributed by atoms with Gasteiger partial charge >= 0.3 is 5.97 Å². The molecule has 15 atom stereocenters. The number of nitrogens with zero attached hydrogens (tertiary/aromatic N) is 2. The Hall–Kier alpha value is -4.05. The normalized spacial score (nSPS) is 38.0. The molecule has 0 radical (unpaired) electrons. The lowest BCUT2D eigenvalue weighted by Gasteiger charge is -2.42. The molecule has 0 aromatic rings. The van der Waals surface area contributed by atoms with Gasteiger partial charge < -0.3 is 54.5 Å². The molecule has 3 aliphatic heterocycles. The molecule has 1 amide bonds. The average Bonchev–Trinajstić information content (AvgIpc) is 3.36. The van der Waals surface area contributed by atoms with Gasteiger partial charge in [0.25, 0.3) is 11.7 Å². The Morgan fingerprint density at radius 3 is 2.35 bits per heavy atom. The molecule has 0 aromatic heterocycles. The van der Waals surface area contributed by atoms with Crippen LogP contribution < -0.4 is 5.73 Å². The molecular formula is C56H87N3O13. The molecule has 4 rings (SSSR count). The first kappa shape index (κ1) is 60.5. The number of cyclic esters (lactones) is 1. The number of piperidine rings is 1. The van der Waals surface area contributed by atoms with Crippen molar-refractivity contribution in [3.63, 3.8) is 0 Å². The van der Waals surface area contributed by atoms with Gasteiger partial charge in [0.1, 0.15) is 31.5 Å². The summed E-state index contributed by atoms with van der Waals surface area (Å²) in [5.41, 5.74) is 8.68. The number of amides is 1. The van der Waals surface area contributed by atoms with E-state index >= 15 is 0 Å². The van der Waals surface area contributed by atoms with Crippen molar-refractivity contribution in [1.82, 2.24) is 4.90 Å². The monoisotopic (exact) mass is 1010 g/mol. The number of esters is 1. The third-order valence-corrected chi connectivity index (χ3v) is 15.2. The van der Waals surface area contributed by atoms with Crippen LogP contribution in [0.25, 0.3) is 0 Å². The van der Waals surface area contributed by atoms with Gasteiger partial charge in [-0.2, -0.15) is 0 Å². The number of fused-ring (bicyclic) bond motifs is 3. The van der Waals surface area contributed by atoms with Crippen LogP contribution in [0.15, 0.2) is 52.8 Å². The van der Waals surface area contributed by atoms with E-state index in [0.717, 1.165) is 31.3 Å². The van der Waals surface area contributed by atoms with Gasteiger partial charge in [0.05, 0.1) is 30.1 Å². The fraction of sp³-hybridized carbons (Fsp3) is 0.732. The van der Waals surface area contributed by atoms with Crippen LogP contribution >= 0.6 is 0 Å². The second kappa shape index (κ2) is 29.7. The fourth-order valence-corrected chi connectivity index (χ4v) is 10.7. The van der Waals surface area contributed by atoms with E-state index in [9.17, 15) is 34.5 Å². The Balaban J connectivity index is 1.71. The zero-order chi connectivity index (χ0) is 53.1. The number of carbonyl (C=O) groups is 4. The van der Waals surface area contributed by atoms with Crippen LogP contribution in [0.5, 0.6) is 0 Å². The lowest BCUT2D eigenvalue weighted by Crippen LogP contribution is -2.61. The quantitative estimate of drug-likeness (QED) is 0.0434. The molecule has 2 bridgehead atoms. The number of nitrogens with two attached hydrogens (primary N) is 1. The number of carbonyl (C=O) groups excluding carboxylic acids is 4. The highest BCUT2D eigenvalue weighted by Crippen LogP contribution is 2.37. The summed E-state index contributed by atoms with van der Waals surface area (Å²) in [5, 5.41) is 38.9. The number of terminal acetylenes is 1. The highest BCUT2D eigenvalue weighted by Gasteiger charge is 2.53. The van der Waals surface area contributed by atoms with Crippen molar-refractivity contribution in [3.05, 3.63) is 47.6 Å². The first-order valence-corrected chi connectivity index (χ1v) is 26.3. The Morgan fingerprint density at radius 1 is 0.903 bits per heavy atom. The van der Waals surface area contributed by atoms with E-state index in [4.69, 9.17) is 40.7 Å². The van der Waals surface area contributed by atoms with Crippen LogP contribution in [0.4, 0.5) is 0 Å². The molecule has 5 N–H and O–H groups in total. The molecule has 2 saturated heterocycles. The maximum Gasteiger partial charge on any atom is 0.329 e. The third kappa shape index (κ3) is 17.0. The summed E-state index contributed by atoms with van der Waals surface area (Å²) in [6, 6.07) is -1.92. The average molecular weight is 1010 g/mol. The molecule has 3 fully saturated rings. The number of aliphatic hydroxyl groups is 3. The van der Waals surface area contributed by atoms with Gasteiger partial charge in [-0.3, -0.25) is 14.4 Å². The van der Waals surface area contributed by atoms with E-state index in [2.05, 4.69) is 11.1 Å². The van der Waals surface area contributed by atoms with E-state index in [1.165, 1.54) is 12.0 Å². The highest BCUT2D eigenvalue weighted by molar-refractivity contribution is 6.39. The number of Topliss-reactive ketones (excluding diaryl/α,β-unsaturated/α-hetero) is 2. The second-order valence-corrected chi connectivity index (χ2v) is 20.9. The molecule has 4 aliphatic rings. The van der Waals surface area contributed by atoms with E-state index in [1.807, 2.05) is 44.2 Å². The highest BCUT2D eigenvalue weighted by atomic mass is 16.6. The first-order valence-electron chi connectivity index (χ1n) is 26.3. The van der Waals surface area contributed by atoms with E-state index in [0.29, 0.717) is 75.7 Å². The Kier molecular flexibility index (Phi) is 25.0. The summed E-state index contributed by atoms with van der Waals surface area (Å²) in [7, 11) is 4.62. The van der Waals surface area contributed by atoms with Crippen LogP contribution in [0.1, 0.15) is 138 Å². The van der Waals surface area contributed by atoms with Gasteiger partial charge in [-0.05, 0) is 114 Å². The number of hydrogen-bond donors (Lipinski definition) is 4. The number of aliphatic hydroxyl groups excluding tert-OH is 2. The maximum atomic E-state index is 14.6. The number of hydrogen-bond acceptors (Lipinski definition) is 15. The van der Waals surface area contributed by atoms with Crippen molar-refractivity contribution < 1.29 is 63.0 Å². The molecule has 404 valence electrons. The minimum Gasteiger partial charge on any atom is -0.459 e. The fourth-order valence-electron chi connectivity index (χ4n) is 10.7. The van der Waals surface area contributed by atoms with Gasteiger partial charge in [-0.25, -0.2) is 4.79 Å². The lowest BCUT2D eigenvalue weighted by atomic mass is 9.80. The maximum absolute atomic E-state index is 14.6. The largest absolute Gasteiger partial charge is 0.459 e. The molecule has 0 spiro atoms. The number of methoxy groups -OCH3 is 2. The number of oxime groups is 1. The predicted octanol–water partition coefficient (Wildman–Crippen LogP) is 6.48. The molecule has 16 heteroatoms. The molecule has 1 aliphatic carbocycles. The van der Waals surface area contributed by atoms with Gasteiger partial charge in [-0.15, -0.1) is 12.3 Å². The summed E-state index contributed by atoms with van der Waals surface area (Å²) in [6.07, 6.45) is 19.0. The van der Waals surface area contributed by atoms with Crippen molar-refractivity contribution in [3.8, 4) is 12.3 Å². The van der Waals surface area contributed by atoms with E-state index in [1.54, 1.807) is 48.0 Å². The zero-order valence-electron chi connectivity index (χ0n) is 44.5. The van der Waals surface area contributed by atoms with Crippen molar-refractivity contribution in [2.24, 2.45) is 40.5 Å². The molecule has 3 heterocycles.